The van der Waals surface area contributed by atoms with E-state index in [1.54, 1.807) is 12.1 Å². The summed E-state index contributed by atoms with van der Waals surface area (Å²) in [6.45, 7) is 0.241. The highest BCUT2D eigenvalue weighted by Gasteiger charge is 2.13. The molecule has 0 aliphatic carbocycles. The Bertz CT molecular complexity index is 687. The van der Waals surface area contributed by atoms with Crippen molar-refractivity contribution in [2.45, 2.75) is 11.4 Å². The van der Waals surface area contributed by atoms with Gasteiger partial charge in [0.05, 0.1) is 17.2 Å². The van der Waals surface area contributed by atoms with E-state index >= 15 is 0 Å². The van der Waals surface area contributed by atoms with Crippen LogP contribution in [-0.2, 0) is 15.6 Å². The molecule has 0 atom stereocenters. The van der Waals surface area contributed by atoms with Crippen molar-refractivity contribution in [2.24, 2.45) is 0 Å². The number of halogens is 3. The maximum absolute atomic E-state index is 13.3. The molecule has 2 aromatic rings. The van der Waals surface area contributed by atoms with Crippen molar-refractivity contribution in [1.82, 2.24) is 9.78 Å². The molecule has 96 valence electrons. The van der Waals surface area contributed by atoms with Crippen molar-refractivity contribution in [2.75, 3.05) is 0 Å². The molecule has 0 saturated carbocycles. The first kappa shape index (κ1) is 13.5. The second-order valence-corrected chi connectivity index (χ2v) is 6.88. The van der Waals surface area contributed by atoms with Crippen LogP contribution < -0.4 is 0 Å². The second kappa shape index (κ2) is 4.99. The van der Waals surface area contributed by atoms with Crippen molar-refractivity contribution in [3.05, 3.63) is 46.4 Å². The Morgan fingerprint density at radius 1 is 1.44 bits per heavy atom. The summed E-state index contributed by atoms with van der Waals surface area (Å²) in [7, 11) is 1.39. The fourth-order valence-electron chi connectivity index (χ4n) is 1.40. The van der Waals surface area contributed by atoms with Gasteiger partial charge in [0, 0.05) is 16.9 Å². The predicted octanol–water partition coefficient (Wildman–Crippen LogP) is 2.76. The first-order chi connectivity index (χ1) is 8.38. The van der Waals surface area contributed by atoms with Gasteiger partial charge in [0.2, 0.25) is 0 Å². The Labute approximate surface area is 116 Å². The van der Waals surface area contributed by atoms with E-state index in [4.69, 9.17) is 10.7 Å². The summed E-state index contributed by atoms with van der Waals surface area (Å²) in [6.07, 6.45) is 2.44. The van der Waals surface area contributed by atoms with Gasteiger partial charge in [-0.05, 0) is 27.6 Å². The highest BCUT2D eigenvalue weighted by atomic mass is 79.9. The molecule has 0 spiro atoms. The van der Waals surface area contributed by atoms with E-state index in [1.807, 2.05) is 0 Å². The van der Waals surface area contributed by atoms with E-state index in [2.05, 4.69) is 21.0 Å². The molecule has 18 heavy (non-hydrogen) atoms. The SMILES string of the molecule is O=S(=O)(Cl)c1cnn(Cc2cccc(F)c2Br)c1. The van der Waals surface area contributed by atoms with Crippen molar-refractivity contribution >= 4 is 35.7 Å². The third-order valence-electron chi connectivity index (χ3n) is 2.26. The Hall–Kier alpha value is -0.920. The first-order valence-electron chi connectivity index (χ1n) is 4.78. The van der Waals surface area contributed by atoms with E-state index < -0.39 is 9.05 Å². The minimum absolute atomic E-state index is 0.0864. The molecule has 0 radical (unpaired) electrons. The molecule has 0 fully saturated rings. The summed E-state index contributed by atoms with van der Waals surface area (Å²) in [4.78, 5) is -0.0864. The number of hydrogen-bond donors (Lipinski definition) is 0. The summed E-state index contributed by atoms with van der Waals surface area (Å²) in [5, 5.41) is 3.86. The summed E-state index contributed by atoms with van der Waals surface area (Å²) in [5.74, 6) is -0.384. The van der Waals surface area contributed by atoms with Crippen molar-refractivity contribution in [3.63, 3.8) is 0 Å². The van der Waals surface area contributed by atoms with Gasteiger partial charge in [0.1, 0.15) is 10.7 Å². The van der Waals surface area contributed by atoms with Crippen molar-refractivity contribution < 1.29 is 12.8 Å². The van der Waals surface area contributed by atoms with E-state index in [-0.39, 0.29) is 17.3 Å². The van der Waals surface area contributed by atoms with E-state index in [9.17, 15) is 12.8 Å². The molecule has 1 aromatic carbocycles. The zero-order chi connectivity index (χ0) is 13.3. The van der Waals surface area contributed by atoms with Gasteiger partial charge in [-0.25, -0.2) is 12.8 Å². The molecule has 0 bridgehead atoms. The van der Waals surface area contributed by atoms with Gasteiger partial charge < -0.3 is 0 Å². The van der Waals surface area contributed by atoms with Crippen LogP contribution in [-0.4, -0.2) is 18.2 Å². The molecule has 4 nitrogen and oxygen atoms in total. The van der Waals surface area contributed by atoms with Crippen LogP contribution in [0.3, 0.4) is 0 Å². The fourth-order valence-corrected chi connectivity index (χ4v) is 2.45. The van der Waals surface area contributed by atoms with Crippen LogP contribution in [0.25, 0.3) is 0 Å². The quantitative estimate of drug-likeness (QED) is 0.797. The monoisotopic (exact) mass is 352 g/mol. The molecule has 1 aromatic heterocycles. The lowest BCUT2D eigenvalue weighted by Gasteiger charge is -2.05. The molecule has 8 heteroatoms. The Morgan fingerprint density at radius 3 is 2.78 bits per heavy atom. The molecule has 0 aliphatic heterocycles. The minimum atomic E-state index is -3.79. The van der Waals surface area contributed by atoms with Gasteiger partial charge in [-0.3, -0.25) is 4.68 Å². The van der Waals surface area contributed by atoms with Crippen molar-refractivity contribution in [3.8, 4) is 0 Å². The van der Waals surface area contributed by atoms with Crippen LogP contribution in [0, 0.1) is 5.82 Å². The largest absolute Gasteiger partial charge is 0.267 e. The molecule has 0 saturated heterocycles. The summed E-state index contributed by atoms with van der Waals surface area (Å²) < 4.78 is 37.1. The van der Waals surface area contributed by atoms with Crippen LogP contribution >= 0.6 is 26.6 Å². The van der Waals surface area contributed by atoms with Gasteiger partial charge in [-0.15, -0.1) is 0 Å². The van der Waals surface area contributed by atoms with Gasteiger partial charge in [-0.2, -0.15) is 5.10 Å². The molecule has 0 N–H and O–H groups in total. The molecule has 1 heterocycles. The fraction of sp³-hybridized carbons (Fsp3) is 0.100. The average molecular weight is 354 g/mol. The third kappa shape index (κ3) is 2.90. The normalized spacial score (nSPS) is 11.7. The summed E-state index contributed by atoms with van der Waals surface area (Å²) in [6, 6.07) is 4.60. The number of aromatic nitrogens is 2. The molecular weight excluding hydrogens is 347 g/mol. The zero-order valence-electron chi connectivity index (χ0n) is 8.85. The van der Waals surface area contributed by atoms with Gasteiger partial charge >= 0.3 is 0 Å². The van der Waals surface area contributed by atoms with Crippen molar-refractivity contribution in [1.29, 1.82) is 0 Å². The smallest absolute Gasteiger partial charge is 0.264 e. The van der Waals surface area contributed by atoms with Crippen LogP contribution in [0.15, 0.2) is 40.0 Å². The lowest BCUT2D eigenvalue weighted by atomic mass is 10.2. The Morgan fingerprint density at radius 2 is 2.17 bits per heavy atom. The molecule has 0 unspecified atom stereocenters. The third-order valence-corrected chi connectivity index (χ3v) is 4.45. The van der Waals surface area contributed by atoms with Crippen LogP contribution in [0.2, 0.25) is 0 Å². The highest BCUT2D eigenvalue weighted by Crippen LogP contribution is 2.21. The van der Waals surface area contributed by atoms with E-state index in [1.165, 1.54) is 16.9 Å². The van der Waals surface area contributed by atoms with Gasteiger partial charge in [0.15, 0.2) is 0 Å². The minimum Gasteiger partial charge on any atom is -0.267 e. The Kier molecular flexibility index (Phi) is 3.74. The molecular formula is C10H7BrClFN2O2S. The maximum atomic E-state index is 13.3. The number of benzene rings is 1. The molecule has 0 amide bonds. The van der Waals surface area contributed by atoms with E-state index in [0.29, 0.717) is 10.0 Å². The topological polar surface area (TPSA) is 52.0 Å². The molecule has 0 aliphatic rings. The lowest BCUT2D eigenvalue weighted by Crippen LogP contribution is -2.01. The summed E-state index contributed by atoms with van der Waals surface area (Å²) >= 11 is 3.12. The number of rotatable bonds is 3. The highest BCUT2D eigenvalue weighted by molar-refractivity contribution is 9.10. The van der Waals surface area contributed by atoms with E-state index in [0.717, 1.165) is 6.20 Å². The van der Waals surface area contributed by atoms with Gasteiger partial charge in [-0.1, -0.05) is 12.1 Å². The predicted molar refractivity (Wildman–Crippen MR) is 68.5 cm³/mol. The standard InChI is InChI=1S/C10H7BrClFN2O2S/c11-10-7(2-1-3-9(10)13)5-15-6-8(4-14-15)18(12,16)17/h1-4,6H,5H2. The van der Waals surface area contributed by atoms with Crippen LogP contribution in [0.4, 0.5) is 4.39 Å². The average Bonchev–Trinajstić information content (AvgIpc) is 2.73. The maximum Gasteiger partial charge on any atom is 0.264 e. The molecule has 2 rings (SSSR count). The lowest BCUT2D eigenvalue weighted by molar-refractivity contribution is 0.607. The summed E-state index contributed by atoms with van der Waals surface area (Å²) in [5.41, 5.74) is 0.650. The van der Waals surface area contributed by atoms with Crippen LogP contribution in [0.1, 0.15) is 5.56 Å². The number of nitrogens with zero attached hydrogens (tertiary/aromatic N) is 2. The van der Waals surface area contributed by atoms with Gasteiger partial charge in [0.25, 0.3) is 9.05 Å². The number of hydrogen-bond acceptors (Lipinski definition) is 3. The second-order valence-electron chi connectivity index (χ2n) is 3.52. The zero-order valence-corrected chi connectivity index (χ0v) is 12.0. The Balaban J connectivity index is 2.30. The van der Waals surface area contributed by atoms with Crippen LogP contribution in [0.5, 0.6) is 0 Å². The first-order valence-corrected chi connectivity index (χ1v) is 7.88.